The zero-order valence-electron chi connectivity index (χ0n) is 16.1. The number of nitrogens with one attached hydrogen (secondary N) is 2. The predicted octanol–water partition coefficient (Wildman–Crippen LogP) is 3.53. The van der Waals surface area contributed by atoms with E-state index in [1.807, 2.05) is 30.3 Å². The van der Waals surface area contributed by atoms with E-state index in [1.165, 1.54) is 5.56 Å². The maximum Gasteiger partial charge on any atom is 0.257 e. The number of thiocarbonyl (C=S) groups is 1. The van der Waals surface area contributed by atoms with Gasteiger partial charge in [-0.15, -0.1) is 0 Å². The number of carbonyl (C=O) groups excluding carboxylic acids is 2. The van der Waals surface area contributed by atoms with Crippen molar-refractivity contribution < 1.29 is 14.3 Å². The van der Waals surface area contributed by atoms with Crippen molar-refractivity contribution in [2.45, 2.75) is 6.42 Å². The lowest BCUT2D eigenvalue weighted by atomic mass is 10.1. The van der Waals surface area contributed by atoms with Crippen LogP contribution in [0.25, 0.3) is 0 Å². The topological polar surface area (TPSA) is 93.5 Å². The molecule has 0 aliphatic heterocycles. The van der Waals surface area contributed by atoms with Crippen LogP contribution in [0.3, 0.4) is 0 Å². The van der Waals surface area contributed by atoms with Gasteiger partial charge in [-0.25, -0.2) is 0 Å². The fourth-order valence-corrected chi connectivity index (χ4v) is 3.00. The minimum absolute atomic E-state index is 0.0594. The Kier molecular flexibility index (Phi) is 7.13. The highest BCUT2D eigenvalue weighted by Gasteiger charge is 2.12. The van der Waals surface area contributed by atoms with E-state index in [1.54, 1.807) is 48.5 Å². The highest BCUT2D eigenvalue weighted by atomic mass is 32.1. The van der Waals surface area contributed by atoms with E-state index < -0.39 is 11.8 Å². The number of anilines is 1. The summed E-state index contributed by atoms with van der Waals surface area (Å²) >= 11 is 5.19. The second-order valence-corrected chi connectivity index (χ2v) is 6.84. The average molecular weight is 420 g/mol. The summed E-state index contributed by atoms with van der Waals surface area (Å²) < 4.78 is 5.76. The number of benzene rings is 3. The monoisotopic (exact) mass is 419 g/mol. The molecule has 0 aliphatic rings. The van der Waals surface area contributed by atoms with Gasteiger partial charge in [0.2, 0.25) is 0 Å². The Labute approximate surface area is 180 Å². The van der Waals surface area contributed by atoms with Crippen molar-refractivity contribution in [1.29, 1.82) is 0 Å². The number of nitrogens with two attached hydrogens (primary N) is 1. The van der Waals surface area contributed by atoms with Crippen molar-refractivity contribution in [3.63, 3.8) is 0 Å². The molecule has 0 aromatic heterocycles. The number of carbonyl (C=O) groups is 2. The first-order chi connectivity index (χ1) is 14.5. The molecule has 0 saturated heterocycles. The van der Waals surface area contributed by atoms with E-state index in [9.17, 15) is 9.59 Å². The molecule has 0 atom stereocenters. The lowest BCUT2D eigenvalue weighted by molar-refractivity contribution is 0.0975. The van der Waals surface area contributed by atoms with Crippen molar-refractivity contribution in [3.8, 4) is 5.75 Å². The van der Waals surface area contributed by atoms with Crippen LogP contribution < -0.4 is 21.1 Å². The molecule has 0 bridgehead atoms. The van der Waals surface area contributed by atoms with Crippen molar-refractivity contribution >= 4 is 34.8 Å². The van der Waals surface area contributed by atoms with Gasteiger partial charge < -0.3 is 15.8 Å². The molecule has 4 N–H and O–H groups in total. The maximum atomic E-state index is 12.5. The quantitative estimate of drug-likeness (QED) is 0.510. The minimum Gasteiger partial charge on any atom is -0.493 e. The molecule has 0 spiro atoms. The number of rotatable bonds is 7. The fourth-order valence-electron chi connectivity index (χ4n) is 2.79. The highest BCUT2D eigenvalue weighted by molar-refractivity contribution is 7.80. The van der Waals surface area contributed by atoms with Gasteiger partial charge in [-0.05, 0) is 48.1 Å². The first kappa shape index (κ1) is 21.0. The molecule has 0 aliphatic carbocycles. The molecule has 3 aromatic carbocycles. The molecule has 0 saturated carbocycles. The molecule has 152 valence electrons. The molecule has 6 nitrogen and oxygen atoms in total. The summed E-state index contributed by atoms with van der Waals surface area (Å²) in [7, 11) is 0. The zero-order valence-corrected chi connectivity index (χ0v) is 16.9. The average Bonchev–Trinajstić information content (AvgIpc) is 2.75. The zero-order chi connectivity index (χ0) is 21.3. The minimum atomic E-state index is -0.590. The number of amides is 2. The van der Waals surface area contributed by atoms with Gasteiger partial charge in [-0.1, -0.05) is 48.5 Å². The van der Waals surface area contributed by atoms with E-state index in [4.69, 9.17) is 22.7 Å². The van der Waals surface area contributed by atoms with Crippen molar-refractivity contribution in [1.82, 2.24) is 5.32 Å². The van der Waals surface area contributed by atoms with Gasteiger partial charge >= 0.3 is 0 Å². The van der Waals surface area contributed by atoms with E-state index in [0.29, 0.717) is 23.6 Å². The number of para-hydroxylation sites is 1. The Balaban J connectivity index is 1.57. The van der Waals surface area contributed by atoms with Crippen LogP contribution in [0.4, 0.5) is 5.69 Å². The van der Waals surface area contributed by atoms with Crippen LogP contribution in [-0.2, 0) is 6.42 Å². The summed E-state index contributed by atoms with van der Waals surface area (Å²) in [6.45, 7) is 0.499. The van der Waals surface area contributed by atoms with E-state index in [2.05, 4.69) is 10.6 Å². The summed E-state index contributed by atoms with van der Waals surface area (Å²) in [6, 6.07) is 23.5. The number of hydrogen-bond donors (Lipinski definition) is 3. The van der Waals surface area contributed by atoms with Crippen LogP contribution in [0.1, 0.15) is 26.3 Å². The molecular weight excluding hydrogens is 398 g/mol. The largest absolute Gasteiger partial charge is 0.493 e. The molecule has 0 heterocycles. The molecule has 0 radical (unpaired) electrons. The Hall–Kier alpha value is -3.71. The van der Waals surface area contributed by atoms with Crippen LogP contribution in [0.5, 0.6) is 5.75 Å². The molecule has 7 heteroatoms. The van der Waals surface area contributed by atoms with E-state index in [-0.39, 0.29) is 10.7 Å². The van der Waals surface area contributed by atoms with Gasteiger partial charge in [-0.3, -0.25) is 14.9 Å². The lowest BCUT2D eigenvalue weighted by Gasteiger charge is -2.12. The van der Waals surface area contributed by atoms with Gasteiger partial charge in [0, 0.05) is 12.0 Å². The smallest absolute Gasteiger partial charge is 0.257 e. The van der Waals surface area contributed by atoms with Crippen LogP contribution in [0, 0.1) is 0 Å². The second kappa shape index (κ2) is 10.2. The van der Waals surface area contributed by atoms with Crippen LogP contribution in [-0.4, -0.2) is 23.5 Å². The molecule has 3 rings (SSSR count). The molecule has 30 heavy (non-hydrogen) atoms. The fraction of sp³-hybridized carbons (Fsp3) is 0.0870. The Morgan fingerprint density at radius 1 is 0.933 bits per heavy atom. The third kappa shape index (κ3) is 5.89. The van der Waals surface area contributed by atoms with Gasteiger partial charge in [0.25, 0.3) is 11.8 Å². The first-order valence-corrected chi connectivity index (χ1v) is 9.72. The summed E-state index contributed by atoms with van der Waals surface area (Å²) in [6.07, 6.45) is 0.768. The standard InChI is InChI=1S/C23H21N3O3S/c24-21(27)19-11-4-5-12-20(19)25-23(30)26-22(28)17-9-6-10-18(15-17)29-14-13-16-7-2-1-3-8-16/h1-12,15H,13-14H2,(H2,24,27)(H2,25,26,28,30). The van der Waals surface area contributed by atoms with Gasteiger partial charge in [0.1, 0.15) is 5.75 Å². The normalized spacial score (nSPS) is 10.1. The van der Waals surface area contributed by atoms with Crippen LogP contribution >= 0.6 is 12.2 Å². The maximum absolute atomic E-state index is 12.5. The second-order valence-electron chi connectivity index (χ2n) is 6.43. The molecular formula is C23H21N3O3S. The summed E-state index contributed by atoms with van der Waals surface area (Å²) in [5, 5.41) is 5.48. The Bertz CT molecular complexity index is 1050. The molecule has 3 aromatic rings. The summed E-state index contributed by atoms with van der Waals surface area (Å²) in [4.78, 5) is 24.0. The SMILES string of the molecule is NC(=O)c1ccccc1NC(=S)NC(=O)c1cccc(OCCc2ccccc2)c1. The third-order valence-electron chi connectivity index (χ3n) is 4.27. The van der Waals surface area contributed by atoms with Crippen molar-refractivity contribution in [3.05, 3.63) is 95.6 Å². The van der Waals surface area contributed by atoms with E-state index >= 15 is 0 Å². The van der Waals surface area contributed by atoms with Crippen molar-refractivity contribution in [2.75, 3.05) is 11.9 Å². The summed E-state index contributed by atoms with van der Waals surface area (Å²) in [5.41, 5.74) is 7.64. The van der Waals surface area contributed by atoms with Gasteiger partial charge in [0.15, 0.2) is 5.11 Å². The number of primary amides is 1. The lowest BCUT2D eigenvalue weighted by Crippen LogP contribution is -2.34. The molecule has 0 unspecified atom stereocenters. The highest BCUT2D eigenvalue weighted by Crippen LogP contribution is 2.16. The number of ether oxygens (including phenoxy) is 1. The molecule has 2 amide bonds. The Morgan fingerprint density at radius 2 is 1.67 bits per heavy atom. The first-order valence-electron chi connectivity index (χ1n) is 9.31. The Morgan fingerprint density at radius 3 is 2.43 bits per heavy atom. The third-order valence-corrected chi connectivity index (χ3v) is 4.47. The van der Waals surface area contributed by atoms with E-state index in [0.717, 1.165) is 6.42 Å². The van der Waals surface area contributed by atoms with Gasteiger partial charge in [0.05, 0.1) is 17.9 Å². The van der Waals surface area contributed by atoms with Crippen LogP contribution in [0.15, 0.2) is 78.9 Å². The van der Waals surface area contributed by atoms with Crippen LogP contribution in [0.2, 0.25) is 0 Å². The predicted molar refractivity (Wildman–Crippen MR) is 121 cm³/mol. The van der Waals surface area contributed by atoms with Gasteiger partial charge in [-0.2, -0.15) is 0 Å². The van der Waals surface area contributed by atoms with Crippen molar-refractivity contribution in [2.24, 2.45) is 5.73 Å². The number of hydrogen-bond acceptors (Lipinski definition) is 4. The molecule has 0 fully saturated rings. The summed E-state index contributed by atoms with van der Waals surface area (Å²) in [5.74, 6) is -0.387.